The van der Waals surface area contributed by atoms with Gasteiger partial charge >= 0.3 is 0 Å². The van der Waals surface area contributed by atoms with Gasteiger partial charge in [0, 0.05) is 10.4 Å². The molecule has 0 atom stereocenters. The third-order valence-electron chi connectivity index (χ3n) is 3.63. The molecule has 0 aliphatic rings. The lowest BCUT2D eigenvalue weighted by Crippen LogP contribution is -2.32. The third-order valence-corrected chi connectivity index (χ3v) is 4.45. The van der Waals surface area contributed by atoms with Crippen molar-refractivity contribution in [2.75, 3.05) is 0 Å². The SMILES string of the molecule is O=C(N/N=C/c1ccc(O)cc1)/C(=C/c1cccs1)NC(=O)c1ccccc1. The number of hydrogen-bond donors (Lipinski definition) is 3. The number of thiophene rings is 1. The average Bonchev–Trinajstić information content (AvgIpc) is 3.22. The van der Waals surface area contributed by atoms with Gasteiger partial charge in [-0.25, -0.2) is 5.43 Å². The highest BCUT2D eigenvalue weighted by Gasteiger charge is 2.14. The number of aromatic hydroxyl groups is 1. The fourth-order valence-corrected chi connectivity index (χ4v) is 2.90. The molecule has 0 fully saturated rings. The lowest BCUT2D eigenvalue weighted by molar-refractivity contribution is -0.117. The van der Waals surface area contributed by atoms with Crippen molar-refractivity contribution >= 4 is 35.4 Å². The molecule has 6 nitrogen and oxygen atoms in total. The summed E-state index contributed by atoms with van der Waals surface area (Å²) < 4.78 is 0. The van der Waals surface area contributed by atoms with Gasteiger partial charge in [-0.1, -0.05) is 24.3 Å². The maximum atomic E-state index is 12.5. The minimum absolute atomic E-state index is 0.0826. The van der Waals surface area contributed by atoms with E-state index in [-0.39, 0.29) is 17.4 Å². The van der Waals surface area contributed by atoms with Crippen molar-refractivity contribution in [2.24, 2.45) is 5.10 Å². The van der Waals surface area contributed by atoms with E-state index in [2.05, 4.69) is 15.8 Å². The molecule has 1 aromatic heterocycles. The molecule has 2 amide bonds. The minimum Gasteiger partial charge on any atom is -0.508 e. The summed E-state index contributed by atoms with van der Waals surface area (Å²) in [7, 11) is 0. The maximum Gasteiger partial charge on any atom is 0.287 e. The van der Waals surface area contributed by atoms with Gasteiger partial charge in [-0.3, -0.25) is 9.59 Å². The third kappa shape index (κ3) is 5.39. The molecular formula is C21H17N3O3S. The molecule has 3 N–H and O–H groups in total. The molecule has 28 heavy (non-hydrogen) atoms. The van der Waals surface area contributed by atoms with E-state index in [4.69, 9.17) is 0 Å². The van der Waals surface area contributed by atoms with Crippen LogP contribution in [0.2, 0.25) is 0 Å². The average molecular weight is 391 g/mol. The molecule has 7 heteroatoms. The Balaban J connectivity index is 1.73. The largest absolute Gasteiger partial charge is 0.508 e. The van der Waals surface area contributed by atoms with Gasteiger partial charge in [0.15, 0.2) is 0 Å². The van der Waals surface area contributed by atoms with Crippen LogP contribution in [-0.2, 0) is 4.79 Å². The highest BCUT2D eigenvalue weighted by molar-refractivity contribution is 7.10. The number of phenolic OH excluding ortho intramolecular Hbond substituents is 1. The van der Waals surface area contributed by atoms with Crippen molar-refractivity contribution in [3.8, 4) is 5.75 Å². The van der Waals surface area contributed by atoms with Crippen molar-refractivity contribution in [3.63, 3.8) is 0 Å². The van der Waals surface area contributed by atoms with E-state index in [0.29, 0.717) is 11.1 Å². The van der Waals surface area contributed by atoms with Crippen molar-refractivity contribution < 1.29 is 14.7 Å². The first kappa shape index (κ1) is 19.1. The molecule has 2 aromatic carbocycles. The summed E-state index contributed by atoms with van der Waals surface area (Å²) in [5.41, 5.74) is 3.64. The number of rotatable bonds is 6. The second-order valence-corrected chi connectivity index (χ2v) is 6.66. The van der Waals surface area contributed by atoms with Crippen LogP contribution in [0.25, 0.3) is 6.08 Å². The van der Waals surface area contributed by atoms with Crippen LogP contribution in [0.3, 0.4) is 0 Å². The zero-order valence-corrected chi connectivity index (χ0v) is 15.5. The van der Waals surface area contributed by atoms with E-state index >= 15 is 0 Å². The first-order valence-corrected chi connectivity index (χ1v) is 9.24. The number of amides is 2. The van der Waals surface area contributed by atoms with Crippen LogP contribution in [-0.4, -0.2) is 23.1 Å². The maximum absolute atomic E-state index is 12.5. The molecule has 3 aromatic rings. The lowest BCUT2D eigenvalue weighted by Gasteiger charge is -2.08. The van der Waals surface area contributed by atoms with Gasteiger partial charge in [0.25, 0.3) is 11.8 Å². The summed E-state index contributed by atoms with van der Waals surface area (Å²) in [6, 6.07) is 18.7. The number of hydrogen-bond acceptors (Lipinski definition) is 5. The summed E-state index contributed by atoms with van der Waals surface area (Å²) in [4.78, 5) is 25.8. The monoisotopic (exact) mass is 391 g/mol. The summed E-state index contributed by atoms with van der Waals surface area (Å²) in [5.74, 6) is -0.792. The molecule has 0 bridgehead atoms. The van der Waals surface area contributed by atoms with Crippen LogP contribution in [0, 0.1) is 0 Å². The summed E-state index contributed by atoms with van der Waals surface area (Å²) >= 11 is 1.44. The first-order valence-electron chi connectivity index (χ1n) is 8.36. The van der Waals surface area contributed by atoms with Crippen LogP contribution >= 0.6 is 11.3 Å². The molecule has 140 valence electrons. The van der Waals surface area contributed by atoms with Gasteiger partial charge < -0.3 is 10.4 Å². The van der Waals surface area contributed by atoms with E-state index in [1.165, 1.54) is 29.7 Å². The Labute approximate surface area is 165 Å². The predicted molar refractivity (Wildman–Crippen MR) is 110 cm³/mol. The summed E-state index contributed by atoms with van der Waals surface area (Å²) in [6.07, 6.45) is 3.04. The molecule has 3 rings (SSSR count). The molecule has 0 saturated heterocycles. The van der Waals surface area contributed by atoms with Crippen molar-refractivity contribution in [1.29, 1.82) is 0 Å². The molecule has 0 saturated carbocycles. The van der Waals surface area contributed by atoms with Crippen LogP contribution in [0.15, 0.2) is 82.9 Å². The van der Waals surface area contributed by atoms with Crippen molar-refractivity contribution in [1.82, 2.24) is 10.7 Å². The van der Waals surface area contributed by atoms with Gasteiger partial charge in [0.1, 0.15) is 11.4 Å². The molecule has 0 radical (unpaired) electrons. The van der Waals surface area contributed by atoms with Crippen LogP contribution < -0.4 is 10.7 Å². The van der Waals surface area contributed by atoms with E-state index in [1.54, 1.807) is 42.5 Å². The number of phenols is 1. The molecule has 0 aliphatic carbocycles. The van der Waals surface area contributed by atoms with E-state index in [1.807, 2.05) is 23.6 Å². The molecular weight excluding hydrogens is 374 g/mol. The topological polar surface area (TPSA) is 90.8 Å². The molecule has 0 unspecified atom stereocenters. The minimum atomic E-state index is -0.548. The lowest BCUT2D eigenvalue weighted by atomic mass is 10.2. The number of nitrogens with one attached hydrogen (secondary N) is 2. The second-order valence-electron chi connectivity index (χ2n) is 5.68. The van der Waals surface area contributed by atoms with Gasteiger partial charge in [-0.05, 0) is 59.5 Å². The second kappa shape index (κ2) is 9.29. The normalized spacial score (nSPS) is 11.4. The fourth-order valence-electron chi connectivity index (χ4n) is 2.24. The molecule has 0 aliphatic heterocycles. The van der Waals surface area contributed by atoms with Gasteiger partial charge in [0.05, 0.1) is 6.21 Å². The van der Waals surface area contributed by atoms with Crippen molar-refractivity contribution in [2.45, 2.75) is 0 Å². The quantitative estimate of drug-likeness (QED) is 0.342. The smallest absolute Gasteiger partial charge is 0.287 e. The Bertz CT molecular complexity index is 995. The number of nitrogens with zero attached hydrogens (tertiary/aromatic N) is 1. The van der Waals surface area contributed by atoms with Crippen molar-refractivity contribution in [3.05, 3.63) is 93.8 Å². The van der Waals surface area contributed by atoms with Gasteiger partial charge in [-0.2, -0.15) is 5.10 Å². The van der Waals surface area contributed by atoms with E-state index in [9.17, 15) is 14.7 Å². The Morgan fingerprint density at radius 1 is 0.964 bits per heavy atom. The zero-order chi connectivity index (χ0) is 19.8. The highest BCUT2D eigenvalue weighted by Crippen LogP contribution is 2.13. The van der Waals surface area contributed by atoms with Crippen LogP contribution in [0.4, 0.5) is 0 Å². The number of hydrazone groups is 1. The van der Waals surface area contributed by atoms with E-state index in [0.717, 1.165) is 4.88 Å². The Morgan fingerprint density at radius 2 is 1.71 bits per heavy atom. The number of carbonyl (C=O) groups excluding carboxylic acids is 2. The first-order chi connectivity index (χ1) is 13.6. The Kier molecular flexibility index (Phi) is 6.33. The molecule has 1 heterocycles. The van der Waals surface area contributed by atoms with Gasteiger partial charge in [-0.15, -0.1) is 11.3 Å². The summed E-state index contributed by atoms with van der Waals surface area (Å²) in [5, 5.41) is 17.7. The van der Waals surface area contributed by atoms with Crippen LogP contribution in [0.5, 0.6) is 5.75 Å². The summed E-state index contributed by atoms with van der Waals surface area (Å²) in [6.45, 7) is 0. The highest BCUT2D eigenvalue weighted by atomic mass is 32.1. The van der Waals surface area contributed by atoms with Crippen LogP contribution in [0.1, 0.15) is 20.8 Å². The standard InChI is InChI=1S/C21H17N3O3S/c25-17-10-8-15(9-11-17)14-22-24-21(27)19(13-18-7-4-12-28-18)23-20(26)16-5-2-1-3-6-16/h1-14,25H,(H,23,26)(H,24,27)/b19-13-,22-14+. The zero-order valence-electron chi connectivity index (χ0n) is 14.7. The number of benzene rings is 2. The number of carbonyl (C=O) groups is 2. The van der Waals surface area contributed by atoms with Gasteiger partial charge in [0.2, 0.25) is 0 Å². The fraction of sp³-hybridized carbons (Fsp3) is 0. The Hall–Kier alpha value is -3.71. The Morgan fingerprint density at radius 3 is 2.39 bits per heavy atom. The predicted octanol–water partition coefficient (Wildman–Crippen LogP) is 3.37. The molecule has 0 spiro atoms. The van der Waals surface area contributed by atoms with E-state index < -0.39 is 5.91 Å².